The summed E-state index contributed by atoms with van der Waals surface area (Å²) in [4.78, 5) is 9.96. The molecule has 2 aromatic carbocycles. The summed E-state index contributed by atoms with van der Waals surface area (Å²) >= 11 is 0. The lowest BCUT2D eigenvalue weighted by molar-refractivity contribution is -0.385. The van der Waals surface area contributed by atoms with Crippen LogP contribution in [0, 0.1) is 10.1 Å². The molecular weight excluding hydrogens is 344 g/mol. The number of rotatable bonds is 3. The largest absolute Gasteiger partial charge is 0.450 e. The van der Waals surface area contributed by atoms with E-state index in [0.29, 0.717) is 12.1 Å². The van der Waals surface area contributed by atoms with Crippen LogP contribution in [-0.4, -0.2) is 4.92 Å². The van der Waals surface area contributed by atoms with Crippen LogP contribution < -0.4 is 4.74 Å². The fourth-order valence-electron chi connectivity index (χ4n) is 1.81. The average Bonchev–Trinajstić information content (AvgIpc) is 2.45. The van der Waals surface area contributed by atoms with Gasteiger partial charge in [0.1, 0.15) is 5.75 Å². The van der Waals surface area contributed by atoms with Gasteiger partial charge in [0.25, 0.3) is 0 Å². The SMILES string of the molecule is O=[N+]([O-])c1ccccc1Oc1cc(C(F)(F)F)cc(C(F)(F)F)c1. The van der Waals surface area contributed by atoms with Gasteiger partial charge in [-0.1, -0.05) is 12.1 Å². The molecule has 0 heterocycles. The summed E-state index contributed by atoms with van der Waals surface area (Å²) in [5.41, 5.74) is -3.75. The molecule has 0 saturated heterocycles. The van der Waals surface area contributed by atoms with Crippen molar-refractivity contribution in [3.05, 3.63) is 63.7 Å². The van der Waals surface area contributed by atoms with Crippen LogP contribution >= 0.6 is 0 Å². The van der Waals surface area contributed by atoms with Gasteiger partial charge < -0.3 is 4.74 Å². The second-order valence-electron chi connectivity index (χ2n) is 4.57. The van der Waals surface area contributed by atoms with Gasteiger partial charge in [-0.15, -0.1) is 0 Å². The Morgan fingerprint density at radius 3 is 1.83 bits per heavy atom. The predicted molar refractivity (Wildman–Crippen MR) is 69.6 cm³/mol. The number of nitrogens with zero attached hydrogens (tertiary/aromatic N) is 1. The fraction of sp³-hybridized carbons (Fsp3) is 0.143. The third-order valence-corrected chi connectivity index (χ3v) is 2.85. The summed E-state index contributed by atoms with van der Waals surface area (Å²) in [6, 6.07) is 5.25. The lowest BCUT2D eigenvalue weighted by Crippen LogP contribution is -2.11. The van der Waals surface area contributed by atoms with E-state index in [2.05, 4.69) is 0 Å². The van der Waals surface area contributed by atoms with Gasteiger partial charge in [-0.25, -0.2) is 0 Å². The maximum atomic E-state index is 12.8. The molecule has 2 rings (SSSR count). The van der Waals surface area contributed by atoms with Crippen molar-refractivity contribution < 1.29 is 36.0 Å². The van der Waals surface area contributed by atoms with Gasteiger partial charge in [0.2, 0.25) is 5.75 Å². The molecule has 128 valence electrons. The molecule has 4 nitrogen and oxygen atoms in total. The standard InChI is InChI=1S/C14H7F6NO3/c15-13(16,17)8-5-9(14(18,19)20)7-10(6-8)24-12-4-2-1-3-11(12)21(22)23/h1-7H. The van der Waals surface area contributed by atoms with Crippen LogP contribution in [0.3, 0.4) is 0 Å². The Balaban J connectivity index is 2.53. The zero-order valence-corrected chi connectivity index (χ0v) is 11.5. The first-order valence-corrected chi connectivity index (χ1v) is 6.19. The van der Waals surface area contributed by atoms with Gasteiger partial charge in [-0.05, 0) is 24.3 Å². The highest BCUT2D eigenvalue weighted by Gasteiger charge is 2.37. The van der Waals surface area contributed by atoms with Crippen molar-refractivity contribution in [3.63, 3.8) is 0 Å². The average molecular weight is 351 g/mol. The zero-order valence-electron chi connectivity index (χ0n) is 11.5. The minimum absolute atomic E-state index is 0.0632. The molecule has 0 amide bonds. The molecule has 0 radical (unpaired) electrons. The molecule has 0 saturated carbocycles. The number of benzene rings is 2. The van der Waals surface area contributed by atoms with E-state index in [4.69, 9.17) is 4.74 Å². The van der Waals surface area contributed by atoms with Crippen LogP contribution in [0.1, 0.15) is 11.1 Å². The van der Waals surface area contributed by atoms with Crippen molar-refractivity contribution in [2.75, 3.05) is 0 Å². The molecule has 0 aliphatic heterocycles. The highest BCUT2D eigenvalue weighted by molar-refractivity contribution is 5.49. The van der Waals surface area contributed by atoms with E-state index in [9.17, 15) is 36.5 Å². The highest BCUT2D eigenvalue weighted by Crippen LogP contribution is 2.40. The molecule has 10 heteroatoms. The van der Waals surface area contributed by atoms with E-state index in [-0.39, 0.29) is 6.07 Å². The normalized spacial score (nSPS) is 12.1. The van der Waals surface area contributed by atoms with Crippen LogP contribution in [0.5, 0.6) is 11.5 Å². The summed E-state index contributed by atoms with van der Waals surface area (Å²) in [6.45, 7) is 0. The number of nitro benzene ring substituents is 1. The molecule has 2 aromatic rings. The summed E-state index contributed by atoms with van der Waals surface area (Å²) < 4.78 is 81.4. The molecule has 0 aliphatic rings. The maximum Gasteiger partial charge on any atom is 0.416 e. The number of ether oxygens (including phenoxy) is 1. The first kappa shape index (κ1) is 17.6. The zero-order chi connectivity index (χ0) is 18.1. The maximum absolute atomic E-state index is 12.8. The first-order chi connectivity index (χ1) is 11.0. The second-order valence-corrected chi connectivity index (χ2v) is 4.57. The highest BCUT2D eigenvalue weighted by atomic mass is 19.4. The molecule has 0 bridgehead atoms. The summed E-state index contributed by atoms with van der Waals surface area (Å²) in [7, 11) is 0. The van der Waals surface area contributed by atoms with E-state index in [1.165, 1.54) is 12.1 Å². The Morgan fingerprint density at radius 1 is 0.875 bits per heavy atom. The van der Waals surface area contributed by atoms with Crippen LogP contribution in [0.2, 0.25) is 0 Å². The monoisotopic (exact) mass is 351 g/mol. The predicted octanol–water partition coefficient (Wildman–Crippen LogP) is 5.42. The van der Waals surface area contributed by atoms with Gasteiger partial charge in [0.05, 0.1) is 16.1 Å². The first-order valence-electron chi connectivity index (χ1n) is 6.19. The van der Waals surface area contributed by atoms with Crippen molar-refractivity contribution in [1.82, 2.24) is 0 Å². The molecule has 0 spiro atoms. The fourth-order valence-corrected chi connectivity index (χ4v) is 1.81. The Labute approximate surface area is 130 Å². The van der Waals surface area contributed by atoms with Gasteiger partial charge in [0, 0.05) is 6.07 Å². The molecule has 24 heavy (non-hydrogen) atoms. The van der Waals surface area contributed by atoms with Crippen molar-refractivity contribution in [1.29, 1.82) is 0 Å². The van der Waals surface area contributed by atoms with E-state index in [0.717, 1.165) is 12.1 Å². The van der Waals surface area contributed by atoms with E-state index >= 15 is 0 Å². The van der Waals surface area contributed by atoms with Gasteiger partial charge in [-0.3, -0.25) is 10.1 Å². The molecule has 0 aromatic heterocycles. The Morgan fingerprint density at radius 2 is 1.38 bits per heavy atom. The molecular formula is C14H7F6NO3. The smallest absolute Gasteiger partial charge is 0.416 e. The van der Waals surface area contributed by atoms with E-state index in [1.54, 1.807) is 0 Å². The number of halogens is 6. The van der Waals surface area contributed by atoms with Gasteiger partial charge in [-0.2, -0.15) is 26.3 Å². The van der Waals surface area contributed by atoms with Crippen LogP contribution in [0.4, 0.5) is 32.0 Å². The van der Waals surface area contributed by atoms with Crippen molar-refractivity contribution in [3.8, 4) is 11.5 Å². The third kappa shape index (κ3) is 3.94. The van der Waals surface area contributed by atoms with E-state index in [1.807, 2.05) is 0 Å². The van der Waals surface area contributed by atoms with Gasteiger partial charge >= 0.3 is 18.0 Å². The lowest BCUT2D eigenvalue weighted by Gasteiger charge is -2.14. The topological polar surface area (TPSA) is 52.4 Å². The lowest BCUT2D eigenvalue weighted by atomic mass is 10.1. The molecule has 0 atom stereocenters. The summed E-state index contributed by atoms with van der Waals surface area (Å²) in [5, 5.41) is 10.8. The van der Waals surface area contributed by atoms with Gasteiger partial charge in [0.15, 0.2) is 0 Å². The van der Waals surface area contributed by atoms with E-state index < -0.39 is 45.6 Å². The van der Waals surface area contributed by atoms with Crippen molar-refractivity contribution >= 4 is 5.69 Å². The van der Waals surface area contributed by atoms with Crippen LogP contribution in [0.25, 0.3) is 0 Å². The molecule has 0 fully saturated rings. The second kappa shape index (κ2) is 6.02. The number of nitro groups is 1. The molecule has 0 aliphatic carbocycles. The molecule has 0 unspecified atom stereocenters. The quantitative estimate of drug-likeness (QED) is 0.421. The Bertz CT molecular complexity index is 738. The third-order valence-electron chi connectivity index (χ3n) is 2.85. The molecule has 0 N–H and O–H groups in total. The Kier molecular flexibility index (Phi) is 4.41. The summed E-state index contributed by atoms with van der Waals surface area (Å²) in [5.74, 6) is -1.29. The van der Waals surface area contributed by atoms with Crippen molar-refractivity contribution in [2.24, 2.45) is 0 Å². The number of hydrogen-bond donors (Lipinski definition) is 0. The minimum Gasteiger partial charge on any atom is -0.450 e. The van der Waals surface area contributed by atoms with Crippen LogP contribution in [-0.2, 0) is 12.4 Å². The van der Waals surface area contributed by atoms with Crippen molar-refractivity contribution in [2.45, 2.75) is 12.4 Å². The van der Waals surface area contributed by atoms with Crippen LogP contribution in [0.15, 0.2) is 42.5 Å². The number of alkyl halides is 6. The number of para-hydroxylation sites is 2. The number of hydrogen-bond acceptors (Lipinski definition) is 3. The Hall–Kier alpha value is -2.78. The minimum atomic E-state index is -5.04. The summed E-state index contributed by atoms with van der Waals surface area (Å²) in [6.07, 6.45) is -10.1.